The number of hydrogen-bond acceptors (Lipinski definition) is 2. The molecule has 0 aromatic heterocycles. The van der Waals surface area contributed by atoms with Crippen molar-refractivity contribution in [2.24, 2.45) is 0 Å². The van der Waals surface area contributed by atoms with Crippen molar-refractivity contribution in [3.05, 3.63) is 12.2 Å². The number of thioether (sulfide) groups is 1. The van der Waals surface area contributed by atoms with Crippen LogP contribution >= 0.6 is 11.8 Å². The number of halogens is 13. The summed E-state index contributed by atoms with van der Waals surface area (Å²) in [6, 6.07) is 0. The van der Waals surface area contributed by atoms with Gasteiger partial charge in [-0.25, -0.2) is 0 Å². The van der Waals surface area contributed by atoms with Crippen LogP contribution in [0.2, 0.25) is 0 Å². The number of hydrogen-bond donors (Lipinski definition) is 0. The normalized spacial score (nSPS) is 15.2. The van der Waals surface area contributed by atoms with Gasteiger partial charge < -0.3 is 0 Å². The third-order valence-electron chi connectivity index (χ3n) is 2.73. The highest BCUT2D eigenvalue weighted by Gasteiger charge is 2.90. The number of rotatable bonds is 7. The fourth-order valence-corrected chi connectivity index (χ4v) is 1.91. The lowest BCUT2D eigenvalue weighted by Crippen LogP contribution is -2.70. The van der Waals surface area contributed by atoms with Crippen molar-refractivity contribution < 1.29 is 61.9 Å². The van der Waals surface area contributed by atoms with Crippen molar-refractivity contribution in [1.29, 1.82) is 0 Å². The maximum atomic E-state index is 13.2. The SMILES string of the molecule is C=C(C)C(=O)SCC(F)(F)C(F)(F)C(F)(F)C(F)(F)C(F)(F)C(F)(F)F. The van der Waals surface area contributed by atoms with Gasteiger partial charge in [0, 0.05) is 0 Å². The van der Waals surface area contributed by atoms with Crippen LogP contribution in [-0.4, -0.2) is 46.7 Å². The Kier molecular flexibility index (Phi) is 6.48. The molecule has 26 heavy (non-hydrogen) atoms. The fourth-order valence-electron chi connectivity index (χ4n) is 1.17. The van der Waals surface area contributed by atoms with Gasteiger partial charge in [0.25, 0.3) is 0 Å². The summed E-state index contributed by atoms with van der Waals surface area (Å²) >= 11 is -0.798. The molecule has 1 nitrogen and oxygen atoms in total. The molecule has 0 amide bonds. The Bertz CT molecular complexity index is 563. The maximum absolute atomic E-state index is 13.2. The predicted molar refractivity (Wildman–Crippen MR) is 63.1 cm³/mol. The Hall–Kier alpha value is -1.15. The summed E-state index contributed by atoms with van der Waals surface area (Å²) in [6.45, 7) is 3.74. The van der Waals surface area contributed by atoms with Crippen LogP contribution in [0.25, 0.3) is 0 Å². The first kappa shape index (κ1) is 24.8. The molecule has 0 unspecified atom stereocenters. The summed E-state index contributed by atoms with van der Waals surface area (Å²) in [7, 11) is 0. The Morgan fingerprint density at radius 3 is 1.38 bits per heavy atom. The minimum atomic E-state index is -7.94. The van der Waals surface area contributed by atoms with Crippen LogP contribution in [0.4, 0.5) is 57.1 Å². The second-order valence-corrected chi connectivity index (χ2v) is 5.80. The average molecular weight is 434 g/mol. The highest BCUT2D eigenvalue weighted by atomic mass is 32.2. The summed E-state index contributed by atoms with van der Waals surface area (Å²) in [5.41, 5.74) is -0.546. The molecule has 0 saturated heterocycles. The van der Waals surface area contributed by atoms with Crippen molar-refractivity contribution in [2.45, 2.75) is 42.7 Å². The van der Waals surface area contributed by atoms with Gasteiger partial charge in [0.15, 0.2) is 0 Å². The van der Waals surface area contributed by atoms with Gasteiger partial charge in [-0.2, -0.15) is 57.1 Å². The Balaban J connectivity index is 6.00. The Labute approximate surface area is 140 Å². The van der Waals surface area contributed by atoms with E-state index in [2.05, 4.69) is 6.58 Å². The zero-order valence-electron chi connectivity index (χ0n) is 12.1. The highest BCUT2D eigenvalue weighted by Crippen LogP contribution is 2.60. The summed E-state index contributed by atoms with van der Waals surface area (Å²) < 4.78 is 166. The molecule has 0 aliphatic rings. The van der Waals surface area contributed by atoms with Gasteiger partial charge in [0.2, 0.25) is 5.12 Å². The van der Waals surface area contributed by atoms with Gasteiger partial charge >= 0.3 is 35.8 Å². The van der Waals surface area contributed by atoms with Crippen LogP contribution in [0.3, 0.4) is 0 Å². The van der Waals surface area contributed by atoms with E-state index >= 15 is 0 Å². The van der Waals surface area contributed by atoms with Gasteiger partial charge in [-0.3, -0.25) is 4.79 Å². The van der Waals surface area contributed by atoms with Crippen molar-refractivity contribution >= 4 is 16.9 Å². The van der Waals surface area contributed by atoms with Crippen molar-refractivity contribution in [3.8, 4) is 0 Å². The summed E-state index contributed by atoms with van der Waals surface area (Å²) in [5, 5.41) is -1.46. The van der Waals surface area contributed by atoms with Crippen LogP contribution < -0.4 is 0 Å². The van der Waals surface area contributed by atoms with Crippen LogP contribution in [-0.2, 0) is 4.79 Å². The molecule has 0 N–H and O–H groups in total. The third-order valence-corrected chi connectivity index (χ3v) is 3.85. The minimum absolute atomic E-state index is 0.546. The van der Waals surface area contributed by atoms with Gasteiger partial charge in [-0.1, -0.05) is 18.3 Å². The monoisotopic (exact) mass is 434 g/mol. The Morgan fingerprint density at radius 2 is 1.08 bits per heavy atom. The molecular formula is C11H7F13OS. The van der Waals surface area contributed by atoms with Gasteiger partial charge in [-0.15, -0.1) is 0 Å². The van der Waals surface area contributed by atoms with Crippen LogP contribution in [0, 0.1) is 0 Å². The van der Waals surface area contributed by atoms with E-state index in [0.717, 1.165) is 6.92 Å². The Morgan fingerprint density at radius 1 is 0.731 bits per heavy atom. The molecular weight excluding hydrogens is 427 g/mol. The molecule has 0 spiro atoms. The minimum Gasteiger partial charge on any atom is -0.282 e. The predicted octanol–water partition coefficient (Wildman–Crippen LogP) is 5.56. The number of alkyl halides is 13. The molecule has 0 rings (SSSR count). The van der Waals surface area contributed by atoms with E-state index in [4.69, 9.17) is 0 Å². The van der Waals surface area contributed by atoms with E-state index in [1.54, 1.807) is 0 Å². The molecule has 0 radical (unpaired) electrons. The lowest BCUT2D eigenvalue weighted by Gasteiger charge is -2.39. The molecule has 0 aromatic carbocycles. The second-order valence-electron chi connectivity index (χ2n) is 4.86. The smallest absolute Gasteiger partial charge is 0.282 e. The van der Waals surface area contributed by atoms with E-state index in [1.807, 2.05) is 0 Å². The van der Waals surface area contributed by atoms with E-state index in [0.29, 0.717) is 0 Å². The van der Waals surface area contributed by atoms with Crippen molar-refractivity contribution in [1.82, 2.24) is 0 Å². The first-order valence-electron chi connectivity index (χ1n) is 5.86. The van der Waals surface area contributed by atoms with E-state index in [9.17, 15) is 61.9 Å². The van der Waals surface area contributed by atoms with Crippen LogP contribution in [0.1, 0.15) is 6.92 Å². The van der Waals surface area contributed by atoms with Crippen LogP contribution in [0.5, 0.6) is 0 Å². The summed E-state index contributed by atoms with van der Waals surface area (Å²) in [5.74, 6) is -39.8. The molecule has 154 valence electrons. The van der Waals surface area contributed by atoms with Gasteiger partial charge in [0.05, 0.1) is 5.75 Å². The fraction of sp³-hybridized carbons (Fsp3) is 0.727. The first-order chi connectivity index (χ1) is 11.1. The lowest BCUT2D eigenvalue weighted by atomic mass is 9.94. The number of carbonyl (C=O) groups is 1. The zero-order valence-corrected chi connectivity index (χ0v) is 13.0. The molecule has 0 heterocycles. The second kappa shape index (κ2) is 6.78. The zero-order chi connectivity index (χ0) is 21.6. The molecule has 0 aliphatic heterocycles. The lowest BCUT2D eigenvalue weighted by molar-refractivity contribution is -0.438. The quantitative estimate of drug-likeness (QED) is 0.386. The summed E-state index contributed by atoms with van der Waals surface area (Å²) in [4.78, 5) is 10.9. The van der Waals surface area contributed by atoms with Crippen molar-refractivity contribution in [2.75, 3.05) is 5.75 Å². The standard InChI is InChI=1S/C11H7F13OS/c1-4(2)5(25)26-3-6(12,13)7(14,15)8(16,17)9(18,19)10(20,21)11(22,23)24/h1,3H2,2H3. The molecule has 0 saturated carbocycles. The van der Waals surface area contributed by atoms with Crippen molar-refractivity contribution in [3.63, 3.8) is 0 Å². The highest BCUT2D eigenvalue weighted by molar-refractivity contribution is 8.14. The van der Waals surface area contributed by atoms with E-state index in [1.165, 1.54) is 0 Å². The molecule has 0 atom stereocenters. The summed E-state index contributed by atoms with van der Waals surface area (Å²) in [6.07, 6.45) is -7.45. The van der Waals surface area contributed by atoms with Crippen LogP contribution in [0.15, 0.2) is 12.2 Å². The third kappa shape index (κ3) is 3.76. The molecule has 15 heteroatoms. The largest absolute Gasteiger partial charge is 0.460 e. The van der Waals surface area contributed by atoms with E-state index < -0.39 is 64.0 Å². The maximum Gasteiger partial charge on any atom is 0.460 e. The van der Waals surface area contributed by atoms with Gasteiger partial charge in [0.1, 0.15) is 0 Å². The molecule has 0 fully saturated rings. The number of carbonyl (C=O) groups excluding carboxylic acids is 1. The molecule has 0 aromatic rings. The molecule has 0 bridgehead atoms. The molecule has 0 aliphatic carbocycles. The first-order valence-corrected chi connectivity index (χ1v) is 6.85. The van der Waals surface area contributed by atoms with Gasteiger partial charge in [-0.05, 0) is 12.5 Å². The van der Waals surface area contributed by atoms with E-state index in [-0.39, 0.29) is 0 Å². The average Bonchev–Trinajstić information content (AvgIpc) is 2.42. The topological polar surface area (TPSA) is 17.1 Å².